The summed E-state index contributed by atoms with van der Waals surface area (Å²) in [5.41, 5.74) is 10.9. The third kappa shape index (κ3) is 5.98. The molecule has 3 aromatic heterocycles. The fraction of sp³-hybridized carbons (Fsp3) is 0.364. The van der Waals surface area contributed by atoms with E-state index >= 15 is 0 Å². The third-order valence-corrected chi connectivity index (χ3v) is 10.5. The van der Waals surface area contributed by atoms with Gasteiger partial charge in [0.05, 0.1) is 28.1 Å². The van der Waals surface area contributed by atoms with Gasteiger partial charge < -0.3 is 4.74 Å². The summed E-state index contributed by atoms with van der Waals surface area (Å²) >= 11 is 0. The Hall–Kier alpha value is -4.64. The zero-order chi connectivity index (χ0) is 34.6. The van der Waals surface area contributed by atoms with Crippen molar-refractivity contribution in [2.75, 3.05) is 0 Å². The van der Waals surface area contributed by atoms with E-state index in [-0.39, 0.29) is 5.41 Å². The van der Waals surface area contributed by atoms with Gasteiger partial charge in [0.15, 0.2) is 0 Å². The number of hydrogen-bond acceptors (Lipinski definition) is 3. The largest absolute Gasteiger partial charge is 0.457 e. The van der Waals surface area contributed by atoms with Crippen LogP contribution in [0.3, 0.4) is 0 Å². The molecule has 1 aliphatic carbocycles. The monoisotopic (exact) mass is 650 g/mol. The Kier molecular flexibility index (Phi) is 8.50. The van der Waals surface area contributed by atoms with Gasteiger partial charge in [-0.3, -0.25) is 4.57 Å². The third-order valence-electron chi connectivity index (χ3n) is 10.5. The van der Waals surface area contributed by atoms with Crippen molar-refractivity contribution in [3.05, 3.63) is 119 Å². The molecule has 1 aliphatic rings. The smallest absolute Gasteiger partial charge is 0.137 e. The number of allylic oxidation sites excluding steroid dienone is 2. The molecule has 0 saturated heterocycles. The number of hydrogen-bond donors (Lipinski definition) is 0. The van der Waals surface area contributed by atoms with Crippen LogP contribution in [-0.4, -0.2) is 19.3 Å². The first-order valence-electron chi connectivity index (χ1n) is 18.0. The van der Waals surface area contributed by atoms with Gasteiger partial charge in [-0.2, -0.15) is 5.10 Å². The van der Waals surface area contributed by atoms with E-state index in [0.29, 0.717) is 17.8 Å². The molecular weight excluding hydrogens is 601 g/mol. The molecule has 5 nitrogen and oxygen atoms in total. The highest BCUT2D eigenvalue weighted by Gasteiger charge is 2.32. The predicted octanol–water partition coefficient (Wildman–Crippen LogP) is 11.9. The number of pyridine rings is 1. The maximum Gasteiger partial charge on any atom is 0.137 e. The van der Waals surface area contributed by atoms with Crippen LogP contribution in [0.2, 0.25) is 0 Å². The summed E-state index contributed by atoms with van der Waals surface area (Å²) in [5, 5.41) is 7.65. The number of benzene rings is 3. The van der Waals surface area contributed by atoms with Crippen molar-refractivity contribution in [3.63, 3.8) is 0 Å². The summed E-state index contributed by atoms with van der Waals surface area (Å²) in [6, 6.07) is 25.9. The molecule has 0 saturated carbocycles. The topological polar surface area (TPSA) is 44.9 Å². The van der Waals surface area contributed by atoms with Crippen molar-refractivity contribution < 1.29 is 4.74 Å². The van der Waals surface area contributed by atoms with Crippen LogP contribution in [0.5, 0.6) is 11.5 Å². The summed E-state index contributed by atoms with van der Waals surface area (Å²) in [7, 11) is 0. The highest BCUT2D eigenvalue weighted by Crippen LogP contribution is 2.44. The Bertz CT molecular complexity index is 2210. The molecule has 0 bridgehead atoms. The average molecular weight is 651 g/mol. The molecule has 3 heterocycles. The Morgan fingerprint density at radius 2 is 1.67 bits per heavy atom. The van der Waals surface area contributed by atoms with Crippen molar-refractivity contribution in [1.82, 2.24) is 19.3 Å². The van der Waals surface area contributed by atoms with Crippen LogP contribution in [-0.2, 0) is 11.8 Å². The van der Waals surface area contributed by atoms with E-state index in [1.54, 1.807) is 0 Å². The summed E-state index contributed by atoms with van der Waals surface area (Å²) in [6.45, 7) is 20.5. The van der Waals surface area contributed by atoms with E-state index in [1.165, 1.54) is 45.2 Å². The second kappa shape index (κ2) is 12.7. The highest BCUT2D eigenvalue weighted by molar-refractivity contribution is 6.09. The van der Waals surface area contributed by atoms with Gasteiger partial charge in [-0.15, -0.1) is 0 Å². The molecule has 0 spiro atoms. The molecule has 5 heteroatoms. The molecule has 0 radical (unpaired) electrons. The first-order chi connectivity index (χ1) is 23.4. The minimum absolute atomic E-state index is 0.0826. The van der Waals surface area contributed by atoms with Crippen molar-refractivity contribution in [2.45, 2.75) is 98.8 Å². The van der Waals surface area contributed by atoms with Crippen LogP contribution in [0.4, 0.5) is 0 Å². The summed E-state index contributed by atoms with van der Waals surface area (Å²) in [6.07, 6.45) is 7.68. The van der Waals surface area contributed by atoms with Gasteiger partial charge in [-0.05, 0) is 104 Å². The Labute approximate surface area is 291 Å². The van der Waals surface area contributed by atoms with Crippen molar-refractivity contribution >= 4 is 21.8 Å². The highest BCUT2D eigenvalue weighted by atomic mass is 16.5. The Morgan fingerprint density at radius 1 is 0.898 bits per heavy atom. The summed E-state index contributed by atoms with van der Waals surface area (Å²) in [5.74, 6) is 3.81. The Morgan fingerprint density at radius 3 is 2.41 bits per heavy atom. The summed E-state index contributed by atoms with van der Waals surface area (Å²) < 4.78 is 11.3. The van der Waals surface area contributed by atoms with E-state index in [2.05, 4.69) is 150 Å². The first-order valence-corrected chi connectivity index (χ1v) is 18.0. The van der Waals surface area contributed by atoms with Crippen LogP contribution in [0, 0.1) is 12.8 Å². The van der Waals surface area contributed by atoms with Crippen LogP contribution in [0.15, 0.2) is 90.6 Å². The first kappa shape index (κ1) is 32.9. The standard InChI is InChI=1S/C44H50N4O/c1-10-31-20-21-45-40(22-31)47-38-17-12-11-16-36(38)37-19-18-34(26-39(37)47)49-35-24-32(44(7,8)9)23-33(25-35)48-43(27(2)3)42(30(6)46-48)41-28(4)14-13-15-29(41)5/h11-12,14,16-27,29,41H,10,13,15H2,1-9H3/t29?,41-/m0/s1. The van der Waals surface area contributed by atoms with Crippen LogP contribution in [0.25, 0.3) is 33.3 Å². The zero-order valence-electron chi connectivity index (χ0n) is 30.6. The van der Waals surface area contributed by atoms with Crippen molar-refractivity contribution in [1.29, 1.82) is 0 Å². The molecule has 1 unspecified atom stereocenters. The number of rotatable bonds is 7. The lowest BCUT2D eigenvalue weighted by Gasteiger charge is -2.30. The fourth-order valence-electron chi connectivity index (χ4n) is 7.92. The van der Waals surface area contributed by atoms with Gasteiger partial charge in [-0.25, -0.2) is 9.67 Å². The molecule has 49 heavy (non-hydrogen) atoms. The second-order valence-corrected chi connectivity index (χ2v) is 15.4. The van der Waals surface area contributed by atoms with Gasteiger partial charge in [-0.1, -0.05) is 78.3 Å². The molecule has 0 amide bonds. The zero-order valence-corrected chi connectivity index (χ0v) is 30.6. The number of aryl methyl sites for hydroxylation is 2. The van der Waals surface area contributed by atoms with Gasteiger partial charge in [0.1, 0.15) is 17.3 Å². The van der Waals surface area contributed by atoms with Gasteiger partial charge in [0, 0.05) is 40.6 Å². The normalized spacial score (nSPS) is 16.9. The number of ether oxygens (including phenoxy) is 1. The molecule has 2 atom stereocenters. The van der Waals surface area contributed by atoms with Crippen LogP contribution in [0.1, 0.15) is 108 Å². The lowest BCUT2D eigenvalue weighted by Crippen LogP contribution is -2.18. The maximum absolute atomic E-state index is 6.82. The molecule has 252 valence electrons. The van der Waals surface area contributed by atoms with E-state index < -0.39 is 0 Å². The number of para-hydroxylation sites is 1. The fourth-order valence-corrected chi connectivity index (χ4v) is 7.92. The van der Waals surface area contributed by atoms with E-state index in [4.69, 9.17) is 14.8 Å². The number of nitrogens with zero attached hydrogens (tertiary/aromatic N) is 4. The van der Waals surface area contributed by atoms with Gasteiger partial charge >= 0.3 is 0 Å². The Balaban J connectivity index is 1.37. The lowest BCUT2D eigenvalue weighted by atomic mass is 9.74. The van der Waals surface area contributed by atoms with E-state index in [9.17, 15) is 0 Å². The molecule has 6 aromatic rings. The molecular formula is C44H50N4O. The van der Waals surface area contributed by atoms with Crippen molar-refractivity contribution in [2.24, 2.45) is 5.92 Å². The van der Waals surface area contributed by atoms with E-state index in [0.717, 1.165) is 52.6 Å². The number of fused-ring (bicyclic) bond motifs is 3. The summed E-state index contributed by atoms with van der Waals surface area (Å²) in [4.78, 5) is 4.81. The SMILES string of the molecule is CCc1ccnc(-n2c3ccccc3c3ccc(Oc4cc(-n5nc(C)c([C@H]6C(C)=CCCC6C)c5C(C)C)cc(C(C)(C)C)c4)cc32)c1. The van der Waals surface area contributed by atoms with Crippen LogP contribution < -0.4 is 4.74 Å². The van der Waals surface area contributed by atoms with Gasteiger partial charge in [0.2, 0.25) is 0 Å². The minimum atomic E-state index is -0.0826. The number of aromatic nitrogens is 4. The average Bonchev–Trinajstić information content (AvgIpc) is 3.59. The predicted molar refractivity (Wildman–Crippen MR) is 204 cm³/mol. The van der Waals surface area contributed by atoms with Crippen LogP contribution >= 0.6 is 0 Å². The molecule has 0 N–H and O–H groups in total. The lowest BCUT2D eigenvalue weighted by molar-refractivity contribution is 0.445. The van der Waals surface area contributed by atoms with E-state index in [1.807, 2.05) is 6.20 Å². The van der Waals surface area contributed by atoms with Gasteiger partial charge in [0.25, 0.3) is 0 Å². The molecule has 0 aliphatic heterocycles. The van der Waals surface area contributed by atoms with Crippen molar-refractivity contribution in [3.8, 4) is 23.0 Å². The maximum atomic E-state index is 6.82. The molecule has 7 rings (SSSR count). The molecule has 3 aromatic carbocycles. The minimum Gasteiger partial charge on any atom is -0.457 e. The quantitative estimate of drug-likeness (QED) is 0.162. The molecule has 0 fully saturated rings. The second-order valence-electron chi connectivity index (χ2n) is 15.4.